The highest BCUT2D eigenvalue weighted by Crippen LogP contribution is 2.26. The molecular weight excluding hydrogens is 1760 g/mol. The Kier molecular flexibility index (Phi) is 39.0. The van der Waals surface area contributed by atoms with E-state index in [1.165, 1.54) is 111 Å². The van der Waals surface area contributed by atoms with E-state index in [4.69, 9.17) is 5.73 Å². The fourth-order valence-electron chi connectivity index (χ4n) is 15.3. The zero-order valence-electron chi connectivity index (χ0n) is 76.7. The van der Waals surface area contributed by atoms with E-state index in [-0.39, 0.29) is 68.4 Å². The van der Waals surface area contributed by atoms with Crippen LogP contribution in [0.1, 0.15) is 114 Å². The molecule has 1 fully saturated rings. The Bertz CT molecular complexity index is 5330. The van der Waals surface area contributed by atoms with Gasteiger partial charge in [0.25, 0.3) is 0 Å². The number of aromatic hydroxyl groups is 2. The number of carbonyl (C=O) groups is 16. The standard InChI is InChI=1S/C95H119F3N16O19S/c1-13-14-29-75-93(131)111(9)55(7)84(122)104-71(47-80(119)120)89(127)109-82(53(4)5)95(133)113(11)76(44-56-23-17-15-18-24-56)90(128)107-73(42-59-32-36-63(116)37-33-59)91(129)110(8)54(6)83(121)103-70(46-61-48-100-67-28-22-21-27-64(61)67)88(126)106-69(41-58-30-34-62(115)35-31-58)87(125)105-68(38-52(2)3)86(124)108-74(85(123)101-49-78(99)117)50-134-51-79(118)102-72(43-60-39-65(96)81(98)66(97)40-60)92(130)114(12)77(94(132)112(75)10)45-57-25-19-16-20-26-57/h15-28,30-37,39-40,48,52-55,68-77,82,100,115-116H,13-14,29,38,41-47,49-51H2,1-12H3,(H2,99,117)(H,101,123)(H,102,118)(H,103,121)(H,104,122)(H,105,125)(H,106,126)(H,107,128)(H,108,124)(H,109,127)(H,119,120)/t54-,55-,68+,69+,70+,71+,72+,73+,74+,75+,76+,77+,82+/m1/s1. The van der Waals surface area contributed by atoms with Crippen LogP contribution in [0.25, 0.3) is 10.9 Å². The Morgan fingerprint density at radius 3 is 1.46 bits per heavy atom. The number of nitrogens with two attached hydrogens (primary N) is 1. The number of fused-ring (bicyclic) bond motifs is 1. The molecule has 1 saturated heterocycles. The highest BCUT2D eigenvalue weighted by molar-refractivity contribution is 8.00. The SMILES string of the molecule is CCCC[C@H]1C(=O)N(C)[C@H](C)C(=O)N[C@@H](CC(=O)O)C(=O)N[C@@H](C(C)C)C(=O)N(C)[C@@H](Cc2ccccc2)C(=O)N[C@@H](Cc2ccc(O)cc2)C(=O)N(C)[C@H](C)C(=O)N[C@@H](Cc2c[nH]c3ccccc23)C(=O)N[C@@H](Cc2ccc(O)cc2)C(=O)N[C@@H](CC(C)C)C(=O)N[C@H](C(=O)NCC(N)=O)CSCC(=O)N[C@@H](Cc2cc(F)c(F)c(F)c2)C(=O)N(C)[C@@H](Cc2ccccc2)C(=O)N1C. The average molecular weight is 1880 g/mol. The molecule has 0 radical (unpaired) electrons. The van der Waals surface area contributed by atoms with Crippen LogP contribution < -0.4 is 53.6 Å². The van der Waals surface area contributed by atoms with Gasteiger partial charge >= 0.3 is 5.97 Å². The predicted molar refractivity (Wildman–Crippen MR) is 491 cm³/mol. The third-order valence-corrected chi connectivity index (χ3v) is 24.4. The number of nitrogens with zero attached hydrogens (tertiary/aromatic N) is 5. The number of phenols is 2. The number of primary amides is 1. The van der Waals surface area contributed by atoms with Crippen LogP contribution in [0.5, 0.6) is 11.5 Å². The molecule has 8 rings (SSSR count). The molecule has 7 aromatic rings. The van der Waals surface area contributed by atoms with Crippen LogP contribution >= 0.6 is 11.8 Å². The maximum Gasteiger partial charge on any atom is 0.305 e. The monoisotopic (exact) mass is 1880 g/mol. The minimum Gasteiger partial charge on any atom is -0.508 e. The Labute approximate surface area is 778 Å². The highest BCUT2D eigenvalue weighted by atomic mass is 32.2. The number of rotatable bonds is 23. The van der Waals surface area contributed by atoms with Gasteiger partial charge in [-0.05, 0) is 114 Å². The zero-order valence-corrected chi connectivity index (χ0v) is 77.5. The van der Waals surface area contributed by atoms with Crippen molar-refractivity contribution in [2.45, 2.75) is 198 Å². The number of aliphatic carboxylic acids is 1. The second-order valence-corrected chi connectivity index (χ2v) is 35.2. The van der Waals surface area contributed by atoms with Crippen molar-refractivity contribution >= 4 is 117 Å². The van der Waals surface area contributed by atoms with Gasteiger partial charge in [-0.15, -0.1) is 11.8 Å². The van der Waals surface area contributed by atoms with E-state index in [2.05, 4.69) is 52.8 Å². The first kappa shape index (κ1) is 105. The summed E-state index contributed by atoms with van der Waals surface area (Å²) in [4.78, 5) is 245. The molecule has 6 aromatic carbocycles. The fraction of sp³-hybridized carbons (Fsp3) is 0.432. The lowest BCUT2D eigenvalue weighted by Gasteiger charge is -2.38. The van der Waals surface area contributed by atoms with E-state index >= 15 is 56.7 Å². The van der Waals surface area contributed by atoms with Gasteiger partial charge in [-0.3, -0.25) is 76.7 Å². The Hall–Kier alpha value is -13.9. The number of hydrogen-bond donors (Lipinski definition) is 14. The number of thioether (sulfide) groups is 1. The van der Waals surface area contributed by atoms with E-state index < -0.39 is 233 Å². The number of para-hydroxylation sites is 1. The lowest BCUT2D eigenvalue weighted by atomic mass is 9.98. The number of amides is 15. The van der Waals surface area contributed by atoms with Gasteiger partial charge in [0.1, 0.15) is 90.0 Å². The summed E-state index contributed by atoms with van der Waals surface area (Å²) in [6, 6.07) is 14.4. The van der Waals surface area contributed by atoms with Crippen molar-refractivity contribution in [3.63, 3.8) is 0 Å². The van der Waals surface area contributed by atoms with Crippen LogP contribution in [-0.2, 0) is 115 Å². The summed E-state index contributed by atoms with van der Waals surface area (Å²) < 4.78 is 45.0. The number of likely N-dealkylation sites (N-methyl/N-ethyl adjacent to an activating group) is 5. The number of carbonyl (C=O) groups excluding carboxylic acids is 15. The molecule has 1 aromatic heterocycles. The molecule has 1 aliphatic rings. The number of carboxylic acid groups (broad SMARTS) is 1. The van der Waals surface area contributed by atoms with E-state index in [9.17, 15) is 48.5 Å². The van der Waals surface area contributed by atoms with Gasteiger partial charge in [-0.25, -0.2) is 13.2 Å². The van der Waals surface area contributed by atoms with E-state index in [1.807, 2.05) is 0 Å². The molecule has 1 aliphatic heterocycles. The molecule has 35 nitrogen and oxygen atoms in total. The maximum absolute atomic E-state index is 15.6. The minimum absolute atomic E-state index is 0.0815. The maximum atomic E-state index is 15.6. The van der Waals surface area contributed by atoms with Crippen LogP contribution in [0.15, 0.2) is 152 Å². The third-order valence-electron chi connectivity index (χ3n) is 23.3. The Morgan fingerprint density at radius 1 is 0.478 bits per heavy atom. The number of nitrogens with one attached hydrogen (secondary N) is 10. The normalized spacial score (nSPS) is 22.7. The Morgan fingerprint density at radius 2 is 0.918 bits per heavy atom. The number of unbranched alkanes of at least 4 members (excludes halogenated alkanes) is 1. The summed E-state index contributed by atoms with van der Waals surface area (Å²) in [7, 11) is 6.16. The van der Waals surface area contributed by atoms with Crippen LogP contribution in [0.4, 0.5) is 13.2 Å². The van der Waals surface area contributed by atoms with E-state index in [1.54, 1.807) is 112 Å². The lowest BCUT2D eigenvalue weighted by Crippen LogP contribution is -2.62. The quantitative estimate of drug-likeness (QED) is 0.0407. The van der Waals surface area contributed by atoms with Crippen molar-refractivity contribution in [2.75, 3.05) is 53.3 Å². The first-order valence-corrected chi connectivity index (χ1v) is 45.0. The molecule has 13 atom stereocenters. The summed E-state index contributed by atoms with van der Waals surface area (Å²) in [6.45, 7) is 10.1. The van der Waals surface area contributed by atoms with Crippen molar-refractivity contribution in [3.8, 4) is 11.5 Å². The van der Waals surface area contributed by atoms with Gasteiger partial charge in [0.15, 0.2) is 17.5 Å². The molecule has 720 valence electrons. The van der Waals surface area contributed by atoms with Gasteiger partial charge in [0.05, 0.1) is 18.7 Å². The minimum atomic E-state index is -1.98. The molecule has 0 aliphatic carbocycles. The molecule has 39 heteroatoms. The molecule has 2 heterocycles. The molecular formula is C95H119F3N16O19S. The average Bonchev–Trinajstić information content (AvgIpc) is 1.35. The number of halogens is 3. The van der Waals surface area contributed by atoms with Crippen molar-refractivity contribution in [3.05, 3.63) is 203 Å². The Balaban J connectivity index is 1.24. The van der Waals surface area contributed by atoms with Gasteiger partial charge in [0.2, 0.25) is 88.6 Å². The first-order valence-electron chi connectivity index (χ1n) is 43.9. The number of H-pyrrole nitrogens is 1. The molecule has 134 heavy (non-hydrogen) atoms. The molecule has 15 amide bonds. The second-order valence-electron chi connectivity index (χ2n) is 34.2. The number of hydrogen-bond acceptors (Lipinski definition) is 19. The molecule has 0 saturated carbocycles. The lowest BCUT2D eigenvalue weighted by molar-refractivity contribution is -0.152. The summed E-state index contributed by atoms with van der Waals surface area (Å²) in [6.07, 6.45) is -1.34. The molecule has 0 bridgehead atoms. The third kappa shape index (κ3) is 29.8. The molecule has 0 unspecified atom stereocenters. The van der Waals surface area contributed by atoms with Crippen molar-refractivity contribution < 1.29 is 105 Å². The number of benzene rings is 6. The summed E-state index contributed by atoms with van der Waals surface area (Å²) >= 11 is 0.666. The number of carboxylic acids is 1. The van der Waals surface area contributed by atoms with E-state index in [0.717, 1.165) is 24.5 Å². The fourth-order valence-corrected chi connectivity index (χ4v) is 16.1. The second kappa shape index (κ2) is 49.6. The predicted octanol–water partition coefficient (Wildman–Crippen LogP) is 3.52. The first-order chi connectivity index (χ1) is 63.4. The summed E-state index contributed by atoms with van der Waals surface area (Å²) in [5.41, 5.74) is 7.83. The van der Waals surface area contributed by atoms with Crippen LogP contribution in [0.3, 0.4) is 0 Å². The number of aromatic amines is 1. The summed E-state index contributed by atoms with van der Waals surface area (Å²) in [5.74, 6) is -24.7. The zero-order chi connectivity index (χ0) is 98.6. The molecule has 0 spiro atoms. The van der Waals surface area contributed by atoms with Crippen LogP contribution in [0.2, 0.25) is 0 Å². The molecule has 15 N–H and O–H groups in total. The van der Waals surface area contributed by atoms with Gasteiger partial charge < -0.3 is 98.4 Å². The van der Waals surface area contributed by atoms with Crippen LogP contribution in [-0.4, -0.2) is 271 Å². The largest absolute Gasteiger partial charge is 0.508 e. The van der Waals surface area contributed by atoms with Crippen LogP contribution in [0, 0.1) is 29.3 Å². The van der Waals surface area contributed by atoms with Crippen molar-refractivity contribution in [1.82, 2.24) is 77.3 Å². The van der Waals surface area contributed by atoms with Gasteiger partial charge in [0, 0.05) is 96.6 Å². The smallest absolute Gasteiger partial charge is 0.305 e. The van der Waals surface area contributed by atoms with Gasteiger partial charge in [-0.2, -0.15) is 0 Å². The van der Waals surface area contributed by atoms with Crippen molar-refractivity contribution in [1.29, 1.82) is 0 Å². The topological polar surface area (TPSA) is 500 Å². The van der Waals surface area contributed by atoms with E-state index in [0.29, 0.717) is 69.0 Å². The highest BCUT2D eigenvalue weighted by Gasteiger charge is 2.44. The summed E-state index contributed by atoms with van der Waals surface area (Å²) in [5, 5.41) is 55.2. The van der Waals surface area contributed by atoms with Gasteiger partial charge in [-0.1, -0.05) is 151 Å². The number of aromatic nitrogens is 1. The number of phenolic OH excluding ortho intramolecular Hbond substituents is 2. The van der Waals surface area contributed by atoms with Crippen molar-refractivity contribution in [2.24, 2.45) is 17.6 Å².